The third kappa shape index (κ3) is 3.20. The van der Waals surface area contributed by atoms with Gasteiger partial charge < -0.3 is 9.51 Å². The molecule has 2 N–H and O–H groups in total. The number of nitriles is 1. The standard InChI is InChI=1S/C14H15N5O3/c1-7-10(8(2)16-13(21)11(7)6-15)4-5-12(20)18-14-17-9(3)19-22-14/h4-5H2,1-3H3,(H,16,21)(H,17,18,19,20). The second-order valence-corrected chi connectivity index (χ2v) is 4.86. The lowest BCUT2D eigenvalue weighted by Gasteiger charge is -2.10. The van der Waals surface area contributed by atoms with Gasteiger partial charge in [0, 0.05) is 12.1 Å². The lowest BCUT2D eigenvalue weighted by molar-refractivity contribution is -0.116. The van der Waals surface area contributed by atoms with Crippen LogP contribution >= 0.6 is 0 Å². The molecule has 0 aliphatic carbocycles. The van der Waals surface area contributed by atoms with E-state index in [4.69, 9.17) is 9.78 Å². The van der Waals surface area contributed by atoms with Gasteiger partial charge in [-0.15, -0.1) is 0 Å². The maximum atomic E-state index is 11.9. The number of aromatic nitrogens is 3. The van der Waals surface area contributed by atoms with Crippen LogP contribution in [0.15, 0.2) is 9.32 Å². The minimum atomic E-state index is -0.410. The molecule has 2 aromatic heterocycles. The van der Waals surface area contributed by atoms with Crippen molar-refractivity contribution in [3.8, 4) is 6.07 Å². The Kier molecular flexibility index (Phi) is 4.36. The molecule has 0 atom stereocenters. The van der Waals surface area contributed by atoms with Crippen molar-refractivity contribution in [2.24, 2.45) is 0 Å². The highest BCUT2D eigenvalue weighted by Gasteiger charge is 2.14. The summed E-state index contributed by atoms with van der Waals surface area (Å²) in [4.78, 5) is 30.0. The fourth-order valence-electron chi connectivity index (χ4n) is 2.19. The molecule has 2 aromatic rings. The summed E-state index contributed by atoms with van der Waals surface area (Å²) in [6.45, 7) is 5.09. The van der Waals surface area contributed by atoms with Gasteiger partial charge in [-0.1, -0.05) is 5.16 Å². The summed E-state index contributed by atoms with van der Waals surface area (Å²) in [5.74, 6) is 0.147. The number of hydrogen-bond donors (Lipinski definition) is 2. The number of amides is 1. The van der Waals surface area contributed by atoms with E-state index < -0.39 is 5.56 Å². The lowest BCUT2D eigenvalue weighted by atomic mass is 9.99. The lowest BCUT2D eigenvalue weighted by Crippen LogP contribution is -2.18. The van der Waals surface area contributed by atoms with Crippen LogP contribution in [0.4, 0.5) is 6.01 Å². The van der Waals surface area contributed by atoms with Gasteiger partial charge in [-0.3, -0.25) is 14.9 Å². The van der Waals surface area contributed by atoms with Crippen LogP contribution < -0.4 is 10.9 Å². The number of carbonyl (C=O) groups excluding carboxylic acids is 1. The van der Waals surface area contributed by atoms with Crippen LogP contribution in [0.1, 0.15) is 34.6 Å². The quantitative estimate of drug-likeness (QED) is 0.872. The maximum Gasteiger partial charge on any atom is 0.328 e. The number of pyridine rings is 1. The average molecular weight is 301 g/mol. The van der Waals surface area contributed by atoms with Crippen LogP contribution in [0.3, 0.4) is 0 Å². The largest absolute Gasteiger partial charge is 0.328 e. The van der Waals surface area contributed by atoms with Gasteiger partial charge in [0.05, 0.1) is 0 Å². The van der Waals surface area contributed by atoms with Crippen molar-refractivity contribution in [3.05, 3.63) is 38.6 Å². The Bertz CT molecular complexity index is 813. The Labute approximate surface area is 126 Å². The van der Waals surface area contributed by atoms with Crippen molar-refractivity contribution < 1.29 is 9.32 Å². The number of nitrogens with zero attached hydrogens (tertiary/aromatic N) is 3. The van der Waals surface area contributed by atoms with Crippen molar-refractivity contribution in [2.45, 2.75) is 33.6 Å². The van der Waals surface area contributed by atoms with Crippen molar-refractivity contribution in [1.29, 1.82) is 5.26 Å². The van der Waals surface area contributed by atoms with Crippen LogP contribution in [-0.2, 0) is 11.2 Å². The normalized spacial score (nSPS) is 10.3. The first-order valence-corrected chi connectivity index (χ1v) is 6.65. The first kappa shape index (κ1) is 15.4. The molecular formula is C14H15N5O3. The summed E-state index contributed by atoms with van der Waals surface area (Å²) in [5.41, 5.74) is 1.71. The van der Waals surface area contributed by atoms with E-state index in [1.165, 1.54) is 0 Å². The zero-order valence-corrected chi connectivity index (χ0v) is 12.5. The Balaban J connectivity index is 2.10. The summed E-state index contributed by atoms with van der Waals surface area (Å²) in [6, 6.07) is 1.93. The third-order valence-corrected chi connectivity index (χ3v) is 3.30. The van der Waals surface area contributed by atoms with Crippen LogP contribution in [0.2, 0.25) is 0 Å². The molecule has 0 aromatic carbocycles. The number of aryl methyl sites for hydroxylation is 2. The number of nitrogens with one attached hydrogen (secondary N) is 2. The smallest absolute Gasteiger partial charge is 0.325 e. The minimum Gasteiger partial charge on any atom is -0.325 e. The molecule has 1 amide bonds. The van der Waals surface area contributed by atoms with Crippen molar-refractivity contribution in [3.63, 3.8) is 0 Å². The van der Waals surface area contributed by atoms with Crippen LogP contribution in [0.5, 0.6) is 0 Å². The molecule has 114 valence electrons. The summed E-state index contributed by atoms with van der Waals surface area (Å²) >= 11 is 0. The fourth-order valence-corrected chi connectivity index (χ4v) is 2.19. The highest BCUT2D eigenvalue weighted by atomic mass is 16.5. The predicted molar refractivity (Wildman–Crippen MR) is 77.2 cm³/mol. The molecule has 2 rings (SSSR count). The molecule has 0 radical (unpaired) electrons. The summed E-state index contributed by atoms with van der Waals surface area (Å²) in [5, 5.41) is 15.1. The summed E-state index contributed by atoms with van der Waals surface area (Å²) in [7, 11) is 0. The predicted octanol–water partition coefficient (Wildman–Crippen LogP) is 1.13. The van der Waals surface area contributed by atoms with Crippen LogP contribution in [0, 0.1) is 32.1 Å². The molecule has 22 heavy (non-hydrogen) atoms. The minimum absolute atomic E-state index is 0.0510. The monoisotopic (exact) mass is 301 g/mol. The highest BCUT2D eigenvalue weighted by Crippen LogP contribution is 2.15. The van der Waals surface area contributed by atoms with Crippen LogP contribution in [-0.4, -0.2) is 21.0 Å². The van der Waals surface area contributed by atoms with Gasteiger partial charge in [0.15, 0.2) is 5.82 Å². The van der Waals surface area contributed by atoms with E-state index in [0.717, 1.165) is 5.56 Å². The van der Waals surface area contributed by atoms with Gasteiger partial charge >= 0.3 is 6.01 Å². The van der Waals surface area contributed by atoms with Crippen molar-refractivity contribution in [1.82, 2.24) is 15.1 Å². The molecule has 0 fully saturated rings. The number of hydrogen-bond acceptors (Lipinski definition) is 6. The van der Waals surface area contributed by atoms with E-state index >= 15 is 0 Å². The first-order chi connectivity index (χ1) is 10.4. The molecule has 8 nitrogen and oxygen atoms in total. The topological polar surface area (TPSA) is 125 Å². The van der Waals surface area contributed by atoms with Gasteiger partial charge in [-0.2, -0.15) is 10.2 Å². The molecular weight excluding hydrogens is 286 g/mol. The average Bonchev–Trinajstić information content (AvgIpc) is 2.83. The van der Waals surface area contributed by atoms with Crippen molar-refractivity contribution in [2.75, 3.05) is 5.32 Å². The molecule has 0 bridgehead atoms. The molecule has 0 aliphatic heterocycles. The van der Waals surface area contributed by atoms with Gasteiger partial charge in [0.2, 0.25) is 5.91 Å². The number of carbonyl (C=O) groups is 1. The van der Waals surface area contributed by atoms with Gasteiger partial charge in [0.25, 0.3) is 5.56 Å². The number of aromatic amines is 1. The Morgan fingerprint density at radius 1 is 1.41 bits per heavy atom. The Hall–Kier alpha value is -2.95. The highest BCUT2D eigenvalue weighted by molar-refractivity contribution is 5.88. The van der Waals surface area contributed by atoms with E-state index in [1.807, 2.05) is 6.07 Å². The Morgan fingerprint density at radius 3 is 2.73 bits per heavy atom. The summed E-state index contributed by atoms with van der Waals surface area (Å²) in [6.07, 6.45) is 0.558. The second kappa shape index (κ2) is 6.22. The van der Waals surface area contributed by atoms with E-state index in [0.29, 0.717) is 23.5 Å². The van der Waals surface area contributed by atoms with Crippen LogP contribution in [0.25, 0.3) is 0 Å². The SMILES string of the molecule is Cc1noc(NC(=O)CCc2c(C)[nH]c(=O)c(C#N)c2C)n1. The number of rotatable bonds is 4. The molecule has 0 unspecified atom stereocenters. The van der Waals surface area contributed by atoms with E-state index in [2.05, 4.69) is 20.4 Å². The third-order valence-electron chi connectivity index (χ3n) is 3.30. The van der Waals surface area contributed by atoms with Gasteiger partial charge in [-0.05, 0) is 38.3 Å². The maximum absolute atomic E-state index is 11.9. The molecule has 0 spiro atoms. The van der Waals surface area contributed by atoms with E-state index in [-0.39, 0.29) is 23.9 Å². The van der Waals surface area contributed by atoms with Crippen molar-refractivity contribution >= 4 is 11.9 Å². The van der Waals surface area contributed by atoms with E-state index in [1.54, 1.807) is 20.8 Å². The second-order valence-electron chi connectivity index (χ2n) is 4.86. The molecule has 0 saturated heterocycles. The fraction of sp³-hybridized carbons (Fsp3) is 0.357. The number of H-pyrrole nitrogens is 1. The molecule has 0 aliphatic rings. The van der Waals surface area contributed by atoms with Gasteiger partial charge in [0.1, 0.15) is 11.6 Å². The number of anilines is 1. The molecule has 0 saturated carbocycles. The summed E-state index contributed by atoms with van der Waals surface area (Å²) < 4.78 is 4.80. The zero-order valence-electron chi connectivity index (χ0n) is 12.5. The van der Waals surface area contributed by atoms with Gasteiger partial charge in [-0.25, -0.2) is 0 Å². The Morgan fingerprint density at radius 2 is 2.14 bits per heavy atom. The molecule has 2 heterocycles. The first-order valence-electron chi connectivity index (χ1n) is 6.65. The zero-order chi connectivity index (χ0) is 16.3. The van der Waals surface area contributed by atoms with E-state index in [9.17, 15) is 9.59 Å². The molecule has 8 heteroatoms.